The summed E-state index contributed by atoms with van der Waals surface area (Å²) in [5, 5.41) is 0. The lowest BCUT2D eigenvalue weighted by Gasteiger charge is -2.27. The highest BCUT2D eigenvalue weighted by Crippen LogP contribution is 2.44. The quantitative estimate of drug-likeness (QED) is 0.591. The molecular weight excluding hydrogens is 372 g/mol. The number of ether oxygens (including phenoxy) is 1. The van der Waals surface area contributed by atoms with Gasteiger partial charge in [0, 0.05) is 24.2 Å². The van der Waals surface area contributed by atoms with Crippen LogP contribution in [0.15, 0.2) is 54.6 Å². The molecule has 3 aromatic rings. The first kappa shape index (κ1) is 20.0. The summed E-state index contributed by atoms with van der Waals surface area (Å²) in [6, 6.07) is 18.0. The van der Waals surface area contributed by atoms with Crippen molar-refractivity contribution in [3.63, 3.8) is 0 Å². The maximum Gasteiger partial charge on any atom is 0.252 e. The van der Waals surface area contributed by atoms with Gasteiger partial charge in [0.2, 0.25) is 0 Å². The number of hydrogen-bond acceptors (Lipinski definition) is 3. The number of amides is 1. The lowest BCUT2D eigenvalue weighted by atomic mass is 9.93. The maximum atomic E-state index is 12.4. The van der Waals surface area contributed by atoms with Crippen molar-refractivity contribution in [2.45, 2.75) is 33.6 Å². The highest BCUT2D eigenvalue weighted by Gasteiger charge is 2.26. The van der Waals surface area contributed by atoms with Gasteiger partial charge in [-0.15, -0.1) is 0 Å². The number of primary amides is 1. The van der Waals surface area contributed by atoms with Gasteiger partial charge in [-0.1, -0.05) is 47.5 Å². The van der Waals surface area contributed by atoms with Crippen LogP contribution in [0.1, 0.15) is 39.9 Å². The standard InChI is InChI=1S/C26H28N2O2/c1-17-13-18(2)15-20(14-17)22-16-23(26(27)29)25(30-21-9-5-4-6-10-21)19(3)24(22)28-11-7-8-12-28/h4-6,9-10,13-16H,7-8,11-12H2,1-3H3,(H2,27,29). The Bertz CT molecular complexity index is 1060. The first-order chi connectivity index (χ1) is 14.4. The zero-order valence-corrected chi connectivity index (χ0v) is 17.9. The highest BCUT2D eigenvalue weighted by atomic mass is 16.5. The lowest BCUT2D eigenvalue weighted by Crippen LogP contribution is -2.21. The van der Waals surface area contributed by atoms with E-state index < -0.39 is 5.91 Å². The Hall–Kier alpha value is -3.27. The van der Waals surface area contributed by atoms with Crippen LogP contribution in [0, 0.1) is 20.8 Å². The molecule has 1 aliphatic rings. The second-order valence-corrected chi connectivity index (χ2v) is 8.12. The SMILES string of the molecule is Cc1cc(C)cc(-c2cc(C(N)=O)c(Oc3ccccc3)c(C)c2N2CCCC2)c1. The van der Waals surface area contributed by atoms with E-state index in [1.165, 1.54) is 11.1 Å². The number of para-hydroxylation sites is 1. The van der Waals surface area contributed by atoms with E-state index in [-0.39, 0.29) is 0 Å². The van der Waals surface area contributed by atoms with E-state index in [0.717, 1.165) is 48.3 Å². The number of aryl methyl sites for hydroxylation is 2. The summed E-state index contributed by atoms with van der Waals surface area (Å²) >= 11 is 0. The third-order valence-corrected chi connectivity index (χ3v) is 5.67. The van der Waals surface area contributed by atoms with Gasteiger partial charge in [-0.2, -0.15) is 0 Å². The maximum absolute atomic E-state index is 12.4. The van der Waals surface area contributed by atoms with Crippen LogP contribution in [0.5, 0.6) is 11.5 Å². The Morgan fingerprint density at radius 1 is 0.933 bits per heavy atom. The van der Waals surface area contributed by atoms with E-state index in [4.69, 9.17) is 10.5 Å². The van der Waals surface area contributed by atoms with Crippen molar-refractivity contribution in [1.29, 1.82) is 0 Å². The molecule has 0 spiro atoms. The van der Waals surface area contributed by atoms with Crippen molar-refractivity contribution in [2.24, 2.45) is 5.73 Å². The van der Waals surface area contributed by atoms with Crippen molar-refractivity contribution >= 4 is 11.6 Å². The number of nitrogens with two attached hydrogens (primary N) is 1. The van der Waals surface area contributed by atoms with Gasteiger partial charge in [0.25, 0.3) is 5.91 Å². The van der Waals surface area contributed by atoms with Gasteiger partial charge in [0.05, 0.1) is 11.3 Å². The Balaban J connectivity index is 1.96. The average Bonchev–Trinajstić information content (AvgIpc) is 3.23. The third-order valence-electron chi connectivity index (χ3n) is 5.67. The van der Waals surface area contributed by atoms with E-state index in [9.17, 15) is 4.79 Å². The van der Waals surface area contributed by atoms with Crippen molar-refractivity contribution in [2.75, 3.05) is 18.0 Å². The topological polar surface area (TPSA) is 55.6 Å². The fraction of sp³-hybridized carbons (Fsp3) is 0.269. The summed E-state index contributed by atoms with van der Waals surface area (Å²) in [4.78, 5) is 14.9. The van der Waals surface area contributed by atoms with Gasteiger partial charge in [0.15, 0.2) is 0 Å². The van der Waals surface area contributed by atoms with Gasteiger partial charge < -0.3 is 15.4 Å². The Morgan fingerprint density at radius 3 is 2.17 bits per heavy atom. The van der Waals surface area contributed by atoms with E-state index in [1.807, 2.05) is 43.3 Å². The van der Waals surface area contributed by atoms with Crippen LogP contribution in [0.25, 0.3) is 11.1 Å². The normalized spacial score (nSPS) is 13.5. The molecule has 0 aromatic heterocycles. The summed E-state index contributed by atoms with van der Waals surface area (Å²) < 4.78 is 6.21. The number of carbonyl (C=O) groups excluding carboxylic acids is 1. The Kier molecular flexibility index (Phi) is 5.49. The Labute approximate surface area is 178 Å². The molecule has 154 valence electrons. The summed E-state index contributed by atoms with van der Waals surface area (Å²) in [7, 11) is 0. The average molecular weight is 401 g/mol. The first-order valence-electron chi connectivity index (χ1n) is 10.5. The first-order valence-corrected chi connectivity index (χ1v) is 10.5. The molecule has 1 saturated heterocycles. The third kappa shape index (κ3) is 3.90. The summed E-state index contributed by atoms with van der Waals surface area (Å²) in [6.07, 6.45) is 2.33. The number of hydrogen-bond donors (Lipinski definition) is 1. The van der Waals surface area contributed by atoms with Crippen LogP contribution in [-0.2, 0) is 0 Å². The van der Waals surface area contributed by atoms with Gasteiger partial charge in [-0.3, -0.25) is 4.79 Å². The number of anilines is 1. The zero-order chi connectivity index (χ0) is 21.3. The predicted molar refractivity (Wildman–Crippen MR) is 123 cm³/mol. The minimum atomic E-state index is -0.484. The van der Waals surface area contributed by atoms with Crippen molar-refractivity contribution in [3.05, 3.63) is 76.9 Å². The number of benzene rings is 3. The molecule has 1 heterocycles. The van der Waals surface area contributed by atoms with Gasteiger partial charge in [0.1, 0.15) is 11.5 Å². The molecule has 4 nitrogen and oxygen atoms in total. The van der Waals surface area contributed by atoms with Crippen molar-refractivity contribution < 1.29 is 9.53 Å². The van der Waals surface area contributed by atoms with Gasteiger partial charge in [-0.25, -0.2) is 0 Å². The highest BCUT2D eigenvalue weighted by molar-refractivity contribution is 6.00. The summed E-state index contributed by atoms with van der Waals surface area (Å²) in [5.41, 5.74) is 12.8. The molecule has 0 radical (unpaired) electrons. The molecule has 4 rings (SSSR count). The van der Waals surface area contributed by atoms with Gasteiger partial charge >= 0.3 is 0 Å². The van der Waals surface area contributed by atoms with E-state index in [0.29, 0.717) is 17.1 Å². The molecule has 0 bridgehead atoms. The second-order valence-electron chi connectivity index (χ2n) is 8.12. The zero-order valence-electron chi connectivity index (χ0n) is 17.9. The molecule has 30 heavy (non-hydrogen) atoms. The number of carbonyl (C=O) groups is 1. The van der Waals surface area contributed by atoms with Crippen LogP contribution in [0.4, 0.5) is 5.69 Å². The van der Waals surface area contributed by atoms with Crippen molar-refractivity contribution in [1.82, 2.24) is 0 Å². The van der Waals surface area contributed by atoms with E-state index in [1.54, 1.807) is 0 Å². The van der Waals surface area contributed by atoms with Crippen molar-refractivity contribution in [3.8, 4) is 22.6 Å². The molecule has 2 N–H and O–H groups in total. The lowest BCUT2D eigenvalue weighted by molar-refractivity contribution is 0.0998. The summed E-state index contributed by atoms with van der Waals surface area (Å²) in [6.45, 7) is 8.23. The Morgan fingerprint density at radius 2 is 1.57 bits per heavy atom. The molecule has 0 saturated carbocycles. The molecule has 0 unspecified atom stereocenters. The largest absolute Gasteiger partial charge is 0.456 e. The molecule has 1 fully saturated rings. The molecular formula is C26H28N2O2. The molecule has 1 amide bonds. The molecule has 0 aliphatic carbocycles. The molecule has 0 atom stereocenters. The minimum absolute atomic E-state index is 0.411. The second kappa shape index (κ2) is 8.23. The van der Waals surface area contributed by atoms with Crippen LogP contribution in [0.2, 0.25) is 0 Å². The summed E-state index contributed by atoms with van der Waals surface area (Å²) in [5.74, 6) is 0.751. The predicted octanol–water partition coefficient (Wildman–Crippen LogP) is 5.77. The molecule has 4 heteroatoms. The van der Waals surface area contributed by atoms with Crippen LogP contribution < -0.4 is 15.4 Å². The number of rotatable bonds is 5. The number of nitrogens with zero attached hydrogens (tertiary/aromatic N) is 1. The monoisotopic (exact) mass is 400 g/mol. The fourth-order valence-corrected chi connectivity index (χ4v) is 4.41. The smallest absolute Gasteiger partial charge is 0.252 e. The van der Waals surface area contributed by atoms with E-state index in [2.05, 4.69) is 36.9 Å². The molecule has 3 aromatic carbocycles. The molecule has 1 aliphatic heterocycles. The van der Waals surface area contributed by atoms with Crippen LogP contribution in [0.3, 0.4) is 0 Å². The van der Waals surface area contributed by atoms with E-state index >= 15 is 0 Å². The fourth-order valence-electron chi connectivity index (χ4n) is 4.41. The van der Waals surface area contributed by atoms with Gasteiger partial charge in [-0.05, 0) is 57.4 Å². The van der Waals surface area contributed by atoms with Crippen LogP contribution in [-0.4, -0.2) is 19.0 Å². The van der Waals surface area contributed by atoms with Crippen LogP contribution >= 0.6 is 0 Å². The minimum Gasteiger partial charge on any atom is -0.456 e.